The molecule has 15 heavy (non-hydrogen) atoms. The summed E-state index contributed by atoms with van der Waals surface area (Å²) in [6, 6.07) is 6.93. The normalized spacial score (nSPS) is 21.3. The summed E-state index contributed by atoms with van der Waals surface area (Å²) in [5.41, 5.74) is 2.63. The lowest BCUT2D eigenvalue weighted by molar-refractivity contribution is 0.652. The van der Waals surface area contributed by atoms with Crippen molar-refractivity contribution in [1.29, 1.82) is 0 Å². The summed E-state index contributed by atoms with van der Waals surface area (Å²) in [6.45, 7) is 1.14. The number of halogens is 1. The standard InChI is InChI=1S/C12H13BrN2/c13-8-3-4-12-9(6-8)10(7-15-12)11-2-1-5-14-11/h3-4,6-7,11,14-15H,1-2,5H2. The lowest BCUT2D eigenvalue weighted by Gasteiger charge is -2.08. The highest BCUT2D eigenvalue weighted by molar-refractivity contribution is 9.10. The van der Waals surface area contributed by atoms with E-state index in [2.05, 4.69) is 50.6 Å². The van der Waals surface area contributed by atoms with Crippen LogP contribution in [0.3, 0.4) is 0 Å². The summed E-state index contributed by atoms with van der Waals surface area (Å²) >= 11 is 3.53. The molecule has 2 aromatic rings. The Morgan fingerprint density at radius 2 is 2.27 bits per heavy atom. The van der Waals surface area contributed by atoms with Gasteiger partial charge in [0.1, 0.15) is 0 Å². The van der Waals surface area contributed by atoms with Gasteiger partial charge in [-0.15, -0.1) is 0 Å². The van der Waals surface area contributed by atoms with E-state index in [1.165, 1.54) is 29.3 Å². The molecule has 0 amide bonds. The van der Waals surface area contributed by atoms with Crippen LogP contribution in [0.25, 0.3) is 10.9 Å². The molecule has 0 spiro atoms. The second kappa shape index (κ2) is 3.65. The van der Waals surface area contributed by atoms with Gasteiger partial charge >= 0.3 is 0 Å². The van der Waals surface area contributed by atoms with Gasteiger partial charge in [0.25, 0.3) is 0 Å². The number of rotatable bonds is 1. The molecule has 1 aromatic heterocycles. The number of nitrogens with one attached hydrogen (secondary N) is 2. The number of aromatic nitrogens is 1. The largest absolute Gasteiger partial charge is 0.361 e. The van der Waals surface area contributed by atoms with Crippen LogP contribution in [0.2, 0.25) is 0 Å². The summed E-state index contributed by atoms with van der Waals surface area (Å²) in [4.78, 5) is 3.33. The predicted octanol–water partition coefficient (Wildman–Crippen LogP) is 3.35. The monoisotopic (exact) mass is 264 g/mol. The van der Waals surface area contributed by atoms with E-state index in [0.29, 0.717) is 6.04 Å². The highest BCUT2D eigenvalue weighted by atomic mass is 79.9. The average Bonchev–Trinajstić information content (AvgIpc) is 2.83. The fraction of sp³-hybridized carbons (Fsp3) is 0.333. The Bertz CT molecular complexity index is 483. The van der Waals surface area contributed by atoms with Crippen molar-refractivity contribution in [2.75, 3.05) is 6.54 Å². The lowest BCUT2D eigenvalue weighted by atomic mass is 10.0. The summed E-state index contributed by atoms with van der Waals surface area (Å²) in [5.74, 6) is 0. The van der Waals surface area contributed by atoms with Crippen LogP contribution in [-0.4, -0.2) is 11.5 Å². The maximum absolute atomic E-state index is 3.54. The van der Waals surface area contributed by atoms with Crippen LogP contribution >= 0.6 is 15.9 Å². The summed E-state index contributed by atoms with van der Waals surface area (Å²) in [6.07, 6.45) is 4.67. The van der Waals surface area contributed by atoms with Crippen LogP contribution in [0.4, 0.5) is 0 Å². The molecule has 1 fully saturated rings. The van der Waals surface area contributed by atoms with Crippen molar-refractivity contribution in [3.05, 3.63) is 34.4 Å². The van der Waals surface area contributed by atoms with Gasteiger partial charge in [-0.1, -0.05) is 15.9 Å². The van der Waals surface area contributed by atoms with Gasteiger partial charge in [-0.25, -0.2) is 0 Å². The van der Waals surface area contributed by atoms with E-state index in [0.717, 1.165) is 11.0 Å². The van der Waals surface area contributed by atoms with Crippen molar-refractivity contribution in [1.82, 2.24) is 10.3 Å². The Morgan fingerprint density at radius 1 is 1.33 bits per heavy atom. The van der Waals surface area contributed by atoms with Gasteiger partial charge in [0.15, 0.2) is 0 Å². The average molecular weight is 265 g/mol. The summed E-state index contributed by atoms with van der Waals surface area (Å²) in [7, 11) is 0. The molecular formula is C12H13BrN2. The molecule has 78 valence electrons. The van der Waals surface area contributed by atoms with Crippen molar-refractivity contribution in [2.45, 2.75) is 18.9 Å². The van der Waals surface area contributed by atoms with Crippen LogP contribution in [0.5, 0.6) is 0 Å². The number of aromatic amines is 1. The molecule has 1 aliphatic rings. The predicted molar refractivity (Wildman–Crippen MR) is 66.0 cm³/mol. The van der Waals surface area contributed by atoms with Crippen molar-refractivity contribution in [2.24, 2.45) is 0 Å². The van der Waals surface area contributed by atoms with Crippen molar-refractivity contribution in [3.8, 4) is 0 Å². The quantitative estimate of drug-likeness (QED) is 0.813. The first kappa shape index (κ1) is 9.43. The number of benzene rings is 1. The topological polar surface area (TPSA) is 27.8 Å². The molecule has 1 aromatic carbocycles. The third kappa shape index (κ3) is 1.60. The van der Waals surface area contributed by atoms with E-state index in [4.69, 9.17) is 0 Å². The van der Waals surface area contributed by atoms with Gasteiger partial charge < -0.3 is 10.3 Å². The highest BCUT2D eigenvalue weighted by Gasteiger charge is 2.19. The molecular weight excluding hydrogens is 252 g/mol. The third-order valence-electron chi connectivity index (χ3n) is 3.11. The second-order valence-electron chi connectivity index (χ2n) is 4.08. The number of hydrogen-bond acceptors (Lipinski definition) is 1. The van der Waals surface area contributed by atoms with Crippen LogP contribution in [0, 0.1) is 0 Å². The van der Waals surface area contributed by atoms with E-state index in [1.807, 2.05) is 0 Å². The maximum atomic E-state index is 3.54. The minimum atomic E-state index is 0.535. The summed E-state index contributed by atoms with van der Waals surface area (Å²) in [5, 5.41) is 4.87. The molecule has 1 saturated heterocycles. The van der Waals surface area contributed by atoms with Gasteiger partial charge in [-0.3, -0.25) is 0 Å². The lowest BCUT2D eigenvalue weighted by Crippen LogP contribution is -2.12. The zero-order chi connectivity index (χ0) is 10.3. The van der Waals surface area contributed by atoms with Gasteiger partial charge in [0.2, 0.25) is 0 Å². The van der Waals surface area contributed by atoms with Crippen LogP contribution in [-0.2, 0) is 0 Å². The first-order valence-corrected chi connectivity index (χ1v) is 6.14. The zero-order valence-electron chi connectivity index (χ0n) is 8.39. The molecule has 1 unspecified atom stereocenters. The first-order chi connectivity index (χ1) is 7.34. The zero-order valence-corrected chi connectivity index (χ0v) is 9.97. The molecule has 2 heterocycles. The SMILES string of the molecule is Brc1ccc2[nH]cc(C3CCCN3)c2c1. The minimum absolute atomic E-state index is 0.535. The van der Waals surface area contributed by atoms with E-state index in [1.54, 1.807) is 0 Å². The molecule has 0 aliphatic carbocycles. The number of fused-ring (bicyclic) bond motifs is 1. The molecule has 2 N–H and O–H groups in total. The fourth-order valence-corrected chi connectivity index (χ4v) is 2.71. The minimum Gasteiger partial charge on any atom is -0.361 e. The van der Waals surface area contributed by atoms with Gasteiger partial charge in [0.05, 0.1) is 0 Å². The first-order valence-electron chi connectivity index (χ1n) is 5.34. The smallest absolute Gasteiger partial charge is 0.0458 e. The van der Waals surface area contributed by atoms with Crippen molar-refractivity contribution >= 4 is 26.8 Å². The van der Waals surface area contributed by atoms with Gasteiger partial charge in [0, 0.05) is 27.6 Å². The van der Waals surface area contributed by atoms with Crippen LogP contribution in [0.1, 0.15) is 24.4 Å². The van der Waals surface area contributed by atoms with E-state index in [9.17, 15) is 0 Å². The maximum Gasteiger partial charge on any atom is 0.0458 e. The Kier molecular flexibility index (Phi) is 2.29. The van der Waals surface area contributed by atoms with E-state index in [-0.39, 0.29) is 0 Å². The summed E-state index contributed by atoms with van der Waals surface area (Å²) < 4.78 is 1.15. The van der Waals surface area contributed by atoms with Gasteiger partial charge in [-0.05, 0) is 43.1 Å². The Labute approximate surface area is 97.2 Å². The third-order valence-corrected chi connectivity index (χ3v) is 3.60. The molecule has 0 radical (unpaired) electrons. The molecule has 1 aliphatic heterocycles. The van der Waals surface area contributed by atoms with E-state index < -0.39 is 0 Å². The highest BCUT2D eigenvalue weighted by Crippen LogP contribution is 2.31. The second-order valence-corrected chi connectivity index (χ2v) is 5.00. The Balaban J connectivity index is 2.13. The van der Waals surface area contributed by atoms with Gasteiger partial charge in [-0.2, -0.15) is 0 Å². The number of H-pyrrole nitrogens is 1. The Morgan fingerprint density at radius 3 is 3.07 bits per heavy atom. The van der Waals surface area contributed by atoms with Crippen molar-refractivity contribution < 1.29 is 0 Å². The van der Waals surface area contributed by atoms with Crippen molar-refractivity contribution in [3.63, 3.8) is 0 Å². The molecule has 0 bridgehead atoms. The number of hydrogen-bond donors (Lipinski definition) is 2. The molecule has 3 heteroatoms. The van der Waals surface area contributed by atoms with Crippen LogP contribution in [0.15, 0.2) is 28.9 Å². The molecule has 1 atom stereocenters. The van der Waals surface area contributed by atoms with E-state index >= 15 is 0 Å². The molecule has 3 rings (SSSR count). The molecule has 0 saturated carbocycles. The Hall–Kier alpha value is -0.800. The molecule has 2 nitrogen and oxygen atoms in total. The fourth-order valence-electron chi connectivity index (χ4n) is 2.35. The van der Waals surface area contributed by atoms with Crippen LogP contribution < -0.4 is 5.32 Å².